The van der Waals surface area contributed by atoms with Crippen LogP contribution >= 0.6 is 0 Å². The summed E-state index contributed by atoms with van der Waals surface area (Å²) in [5.41, 5.74) is 0.782. The van der Waals surface area contributed by atoms with Gasteiger partial charge >= 0.3 is 0 Å². The van der Waals surface area contributed by atoms with E-state index in [1.54, 1.807) is 39.3 Å². The third-order valence-electron chi connectivity index (χ3n) is 3.20. The molecule has 24 heavy (non-hydrogen) atoms. The monoisotopic (exact) mass is 329 g/mol. The van der Waals surface area contributed by atoms with Crippen molar-refractivity contribution in [2.24, 2.45) is 0 Å². The van der Waals surface area contributed by atoms with Gasteiger partial charge in [-0.1, -0.05) is 23.4 Å². The van der Waals surface area contributed by atoms with Gasteiger partial charge in [-0.2, -0.15) is 0 Å². The van der Waals surface area contributed by atoms with Gasteiger partial charge in [-0.05, 0) is 19.1 Å². The topological polar surface area (TPSA) is 84.7 Å². The highest BCUT2D eigenvalue weighted by molar-refractivity contribution is 5.97. The van der Waals surface area contributed by atoms with Crippen molar-refractivity contribution in [1.82, 2.24) is 10.1 Å². The van der Waals surface area contributed by atoms with Crippen molar-refractivity contribution in [1.29, 1.82) is 0 Å². The van der Waals surface area contributed by atoms with Gasteiger partial charge in [0.15, 0.2) is 5.82 Å². The molecule has 1 N–H and O–H groups in total. The Morgan fingerprint density at radius 2 is 2.12 bits per heavy atom. The van der Waals surface area contributed by atoms with Gasteiger partial charge in [0.2, 0.25) is 11.8 Å². The number of aromatic nitrogens is 1. The van der Waals surface area contributed by atoms with Gasteiger partial charge in [-0.3, -0.25) is 9.59 Å². The summed E-state index contributed by atoms with van der Waals surface area (Å²) in [7, 11) is 3.11. The van der Waals surface area contributed by atoms with Crippen LogP contribution in [0.15, 0.2) is 40.9 Å². The van der Waals surface area contributed by atoms with Crippen LogP contribution in [0.4, 0.5) is 5.82 Å². The van der Waals surface area contributed by atoms with Gasteiger partial charge in [0.25, 0.3) is 0 Å². The number of aryl methyl sites for hydroxylation is 1. The maximum Gasteiger partial charge on any atom is 0.246 e. The van der Waals surface area contributed by atoms with Crippen molar-refractivity contribution >= 4 is 23.7 Å². The van der Waals surface area contributed by atoms with Gasteiger partial charge in [-0.15, -0.1) is 0 Å². The van der Waals surface area contributed by atoms with E-state index in [0.717, 1.165) is 5.56 Å². The summed E-state index contributed by atoms with van der Waals surface area (Å²) >= 11 is 0. The Bertz CT molecular complexity index is 752. The minimum absolute atomic E-state index is 0.0962. The molecule has 1 heterocycles. The van der Waals surface area contributed by atoms with E-state index < -0.39 is 0 Å². The molecular weight excluding hydrogens is 310 g/mol. The Kier molecular flexibility index (Phi) is 5.73. The standard InChI is InChI=1S/C17H19N3O4/c1-12-10-15(19-24-12)18-16(21)11-20(2)17(22)9-8-13-6-4-5-7-14(13)23-3/h4-10H,11H2,1-3H3,(H,18,19,21)/b9-8+. The Balaban J connectivity index is 1.91. The third kappa shape index (κ3) is 4.70. The van der Waals surface area contributed by atoms with Crippen molar-refractivity contribution in [2.75, 3.05) is 26.0 Å². The number of carbonyl (C=O) groups excluding carboxylic acids is 2. The fourth-order valence-corrected chi connectivity index (χ4v) is 1.99. The van der Waals surface area contributed by atoms with Crippen LogP contribution < -0.4 is 10.1 Å². The number of carbonyl (C=O) groups is 2. The fraction of sp³-hybridized carbons (Fsp3) is 0.235. The van der Waals surface area contributed by atoms with Crippen LogP contribution in [0.2, 0.25) is 0 Å². The molecule has 0 atom stereocenters. The fourth-order valence-electron chi connectivity index (χ4n) is 1.99. The first kappa shape index (κ1) is 17.3. The van der Waals surface area contributed by atoms with Crippen molar-refractivity contribution in [3.05, 3.63) is 47.7 Å². The average Bonchev–Trinajstić information content (AvgIpc) is 2.97. The van der Waals surface area contributed by atoms with E-state index in [4.69, 9.17) is 9.26 Å². The van der Waals surface area contributed by atoms with Gasteiger partial charge in [0.05, 0.1) is 13.7 Å². The van der Waals surface area contributed by atoms with Gasteiger partial charge in [-0.25, -0.2) is 0 Å². The molecule has 1 aromatic heterocycles. The van der Waals surface area contributed by atoms with E-state index in [0.29, 0.717) is 17.3 Å². The number of rotatable bonds is 6. The minimum atomic E-state index is -0.357. The van der Waals surface area contributed by atoms with E-state index >= 15 is 0 Å². The lowest BCUT2D eigenvalue weighted by atomic mass is 10.2. The van der Waals surface area contributed by atoms with Crippen LogP contribution in [0.25, 0.3) is 6.08 Å². The van der Waals surface area contributed by atoms with E-state index in [1.165, 1.54) is 11.0 Å². The lowest BCUT2D eigenvalue weighted by Gasteiger charge is -2.14. The molecule has 0 unspecified atom stereocenters. The Morgan fingerprint density at radius 1 is 1.38 bits per heavy atom. The zero-order chi connectivity index (χ0) is 17.5. The number of methoxy groups -OCH3 is 1. The molecule has 0 aliphatic rings. The summed E-state index contributed by atoms with van der Waals surface area (Å²) in [5, 5.41) is 6.22. The molecule has 7 heteroatoms. The Labute approximate surface area is 139 Å². The third-order valence-corrected chi connectivity index (χ3v) is 3.20. The number of ether oxygens (including phenoxy) is 1. The number of nitrogens with zero attached hydrogens (tertiary/aromatic N) is 2. The summed E-state index contributed by atoms with van der Waals surface area (Å²) < 4.78 is 10.1. The first-order valence-electron chi connectivity index (χ1n) is 7.29. The second kappa shape index (κ2) is 7.96. The van der Waals surface area contributed by atoms with Crippen LogP contribution in [0, 0.1) is 6.92 Å². The van der Waals surface area contributed by atoms with Gasteiger partial charge in [0, 0.05) is 24.8 Å². The molecule has 2 aromatic rings. The maximum absolute atomic E-state index is 12.1. The number of anilines is 1. The Hall–Kier alpha value is -3.09. The highest BCUT2D eigenvalue weighted by Crippen LogP contribution is 2.18. The predicted molar refractivity (Wildman–Crippen MR) is 89.5 cm³/mol. The lowest BCUT2D eigenvalue weighted by Crippen LogP contribution is -2.33. The molecule has 0 radical (unpaired) electrons. The number of amides is 2. The molecule has 7 nitrogen and oxygen atoms in total. The molecule has 0 fully saturated rings. The van der Waals surface area contributed by atoms with Crippen LogP contribution in [0.5, 0.6) is 5.75 Å². The number of nitrogens with one attached hydrogen (secondary N) is 1. The average molecular weight is 329 g/mol. The van der Waals surface area contributed by atoms with Crippen molar-refractivity contribution in [2.45, 2.75) is 6.92 Å². The second-order valence-corrected chi connectivity index (χ2v) is 5.14. The van der Waals surface area contributed by atoms with Gasteiger partial charge < -0.3 is 19.5 Å². The molecule has 0 saturated carbocycles. The maximum atomic E-state index is 12.1. The largest absolute Gasteiger partial charge is 0.496 e. The summed E-state index contributed by atoms with van der Waals surface area (Å²) in [6.07, 6.45) is 3.04. The summed E-state index contributed by atoms with van der Waals surface area (Å²) in [6, 6.07) is 8.94. The number of hydrogen-bond donors (Lipinski definition) is 1. The van der Waals surface area contributed by atoms with Crippen LogP contribution in [-0.4, -0.2) is 42.6 Å². The molecule has 0 aliphatic carbocycles. The van der Waals surface area contributed by atoms with Crippen LogP contribution in [0.1, 0.15) is 11.3 Å². The number of para-hydroxylation sites is 1. The highest BCUT2D eigenvalue weighted by atomic mass is 16.5. The van der Waals surface area contributed by atoms with Crippen LogP contribution in [0.3, 0.4) is 0 Å². The molecule has 0 spiro atoms. The van der Waals surface area contributed by atoms with Crippen molar-refractivity contribution in [3.8, 4) is 5.75 Å². The molecule has 2 rings (SSSR count). The van der Waals surface area contributed by atoms with Gasteiger partial charge in [0.1, 0.15) is 11.5 Å². The summed E-state index contributed by atoms with van der Waals surface area (Å²) in [4.78, 5) is 25.3. The molecule has 0 bridgehead atoms. The van der Waals surface area contributed by atoms with E-state index in [1.807, 2.05) is 18.2 Å². The van der Waals surface area contributed by atoms with Crippen molar-refractivity contribution in [3.63, 3.8) is 0 Å². The van der Waals surface area contributed by atoms with Crippen LogP contribution in [-0.2, 0) is 9.59 Å². The molecule has 126 valence electrons. The lowest BCUT2D eigenvalue weighted by molar-refractivity contribution is -0.129. The Morgan fingerprint density at radius 3 is 2.79 bits per heavy atom. The minimum Gasteiger partial charge on any atom is -0.496 e. The normalized spacial score (nSPS) is 10.6. The number of benzene rings is 1. The quantitative estimate of drug-likeness (QED) is 0.821. The molecule has 2 amide bonds. The van der Waals surface area contributed by atoms with Crippen molar-refractivity contribution < 1.29 is 18.8 Å². The molecule has 1 aromatic carbocycles. The number of likely N-dealkylation sites (N-methyl/N-ethyl adjacent to an activating group) is 1. The zero-order valence-electron chi connectivity index (χ0n) is 13.8. The zero-order valence-corrected chi connectivity index (χ0v) is 13.8. The van der Waals surface area contributed by atoms with E-state index in [9.17, 15) is 9.59 Å². The highest BCUT2D eigenvalue weighted by Gasteiger charge is 2.12. The molecule has 0 aliphatic heterocycles. The predicted octanol–water partition coefficient (Wildman–Crippen LogP) is 2.10. The first-order valence-corrected chi connectivity index (χ1v) is 7.29. The molecule has 0 saturated heterocycles. The molecular formula is C17H19N3O4. The first-order chi connectivity index (χ1) is 11.5. The summed E-state index contributed by atoms with van der Waals surface area (Å²) in [5.74, 6) is 0.929. The smallest absolute Gasteiger partial charge is 0.246 e. The summed E-state index contributed by atoms with van der Waals surface area (Å²) in [6.45, 7) is 1.63. The van der Waals surface area contributed by atoms with E-state index in [2.05, 4.69) is 10.5 Å². The second-order valence-electron chi connectivity index (χ2n) is 5.14. The van der Waals surface area contributed by atoms with E-state index in [-0.39, 0.29) is 18.4 Å². The number of hydrogen-bond acceptors (Lipinski definition) is 5. The SMILES string of the molecule is COc1ccccc1/C=C/C(=O)N(C)CC(=O)Nc1cc(C)on1.